The lowest BCUT2D eigenvalue weighted by molar-refractivity contribution is 0.228. The zero-order valence-electron chi connectivity index (χ0n) is 22.1. The van der Waals surface area contributed by atoms with Gasteiger partial charge in [0.05, 0.1) is 24.6 Å². The Morgan fingerprint density at radius 2 is 1.84 bits per heavy atom. The van der Waals surface area contributed by atoms with Crippen LogP contribution in [0.1, 0.15) is 56.3 Å². The Labute approximate surface area is 222 Å². The van der Waals surface area contributed by atoms with E-state index in [1.54, 1.807) is 42.6 Å². The van der Waals surface area contributed by atoms with E-state index in [1.165, 1.54) is 5.56 Å². The largest absolute Gasteiger partial charge is 0.494 e. The monoisotopic (exact) mass is 515 g/mol. The Morgan fingerprint density at radius 1 is 1.11 bits per heavy atom. The average Bonchev–Trinajstić information content (AvgIpc) is 3.39. The minimum Gasteiger partial charge on any atom is -0.494 e. The maximum Gasteiger partial charge on any atom is 0.171 e. The fourth-order valence-electron chi connectivity index (χ4n) is 4.31. The summed E-state index contributed by atoms with van der Waals surface area (Å²) in [7, 11) is 0. The minimum absolute atomic E-state index is 0.0238. The quantitative estimate of drug-likeness (QED) is 0.136. The third-order valence-corrected chi connectivity index (χ3v) is 6.09. The highest BCUT2D eigenvalue weighted by atomic mass is 19.1. The second-order valence-electron chi connectivity index (χ2n) is 9.19. The molecule has 1 atom stereocenters. The number of aryl methyl sites for hydroxylation is 1. The number of aromatic amines is 1. The maximum absolute atomic E-state index is 16.0. The molecular weight excluding hydrogens is 481 g/mol. The molecule has 7 nitrogen and oxygen atoms in total. The van der Waals surface area contributed by atoms with Crippen molar-refractivity contribution in [2.75, 3.05) is 11.9 Å². The molecule has 0 saturated carbocycles. The second-order valence-corrected chi connectivity index (χ2v) is 9.19. The van der Waals surface area contributed by atoms with Gasteiger partial charge in [-0.3, -0.25) is 5.41 Å². The first-order valence-corrected chi connectivity index (χ1v) is 12.8. The van der Waals surface area contributed by atoms with E-state index in [0.717, 1.165) is 17.7 Å². The number of nitrogens with two attached hydrogens (primary N) is 1. The van der Waals surface area contributed by atoms with Gasteiger partial charge in [-0.15, -0.1) is 0 Å². The van der Waals surface area contributed by atoms with Gasteiger partial charge in [-0.2, -0.15) is 0 Å². The number of rotatable bonds is 11. The number of hydrogen-bond donors (Lipinski definition) is 4. The van der Waals surface area contributed by atoms with Gasteiger partial charge in [-0.1, -0.05) is 31.2 Å². The van der Waals surface area contributed by atoms with Gasteiger partial charge in [0.2, 0.25) is 0 Å². The molecular formula is C30H34FN5O2. The summed E-state index contributed by atoms with van der Waals surface area (Å²) < 4.78 is 27.6. The number of amidine groups is 1. The molecule has 0 saturated heterocycles. The zero-order chi connectivity index (χ0) is 27.2. The Kier molecular flexibility index (Phi) is 8.31. The third kappa shape index (κ3) is 5.96. The van der Waals surface area contributed by atoms with Crippen molar-refractivity contribution >= 4 is 11.5 Å². The average molecular weight is 516 g/mol. The molecule has 8 heteroatoms. The second kappa shape index (κ2) is 11.8. The number of ether oxygens (including phenoxy) is 2. The van der Waals surface area contributed by atoms with Gasteiger partial charge in [0.15, 0.2) is 11.6 Å². The summed E-state index contributed by atoms with van der Waals surface area (Å²) in [5.41, 5.74) is 10.3. The molecule has 4 rings (SSSR count). The van der Waals surface area contributed by atoms with Crippen LogP contribution in [-0.2, 0) is 6.42 Å². The molecule has 198 valence electrons. The first kappa shape index (κ1) is 26.7. The predicted molar refractivity (Wildman–Crippen MR) is 150 cm³/mol. The van der Waals surface area contributed by atoms with Crippen LogP contribution in [-0.4, -0.2) is 28.5 Å². The van der Waals surface area contributed by atoms with Gasteiger partial charge in [-0.25, -0.2) is 9.37 Å². The summed E-state index contributed by atoms with van der Waals surface area (Å²) in [6.07, 6.45) is 2.42. The standard InChI is InChI=1S/C30H34FN5O2/c1-5-19-9-7-8-10-23(19)25-17-34-30(36-25)28(35-21-13-11-20(12-14-21)29(32)33)24-15-22(37-6-2)16-26(27(24)31)38-18(3)4/h7-18,28,35H,5-6H2,1-4H3,(H3,32,33)(H,34,36). The number of hydrogen-bond acceptors (Lipinski definition) is 5. The molecule has 0 bridgehead atoms. The fraction of sp³-hybridized carbons (Fsp3) is 0.267. The van der Waals surface area contributed by atoms with Crippen LogP contribution in [0.3, 0.4) is 0 Å². The summed E-state index contributed by atoms with van der Waals surface area (Å²) in [6, 6.07) is 17.8. The molecule has 0 radical (unpaired) electrons. The van der Waals surface area contributed by atoms with Crippen molar-refractivity contribution < 1.29 is 13.9 Å². The van der Waals surface area contributed by atoms with E-state index in [0.29, 0.717) is 35.0 Å². The Bertz CT molecular complexity index is 1400. The molecule has 1 heterocycles. The van der Waals surface area contributed by atoms with Crippen molar-refractivity contribution in [1.29, 1.82) is 5.41 Å². The summed E-state index contributed by atoms with van der Waals surface area (Å²) >= 11 is 0. The third-order valence-electron chi connectivity index (χ3n) is 6.09. The molecule has 0 fully saturated rings. The van der Waals surface area contributed by atoms with Gasteiger partial charge in [0.1, 0.15) is 23.5 Å². The van der Waals surface area contributed by atoms with E-state index in [4.69, 9.17) is 20.6 Å². The van der Waals surface area contributed by atoms with Crippen molar-refractivity contribution in [2.24, 2.45) is 5.73 Å². The minimum atomic E-state index is -0.698. The van der Waals surface area contributed by atoms with Crippen LogP contribution >= 0.6 is 0 Å². The molecule has 0 aliphatic carbocycles. The number of imidazole rings is 1. The van der Waals surface area contributed by atoms with Crippen LogP contribution in [0.25, 0.3) is 11.3 Å². The van der Waals surface area contributed by atoms with E-state index < -0.39 is 11.9 Å². The summed E-state index contributed by atoms with van der Waals surface area (Å²) in [5.74, 6) is 0.630. The zero-order valence-corrected chi connectivity index (χ0v) is 22.1. The molecule has 0 spiro atoms. The molecule has 1 unspecified atom stereocenters. The van der Waals surface area contributed by atoms with Crippen LogP contribution in [0.15, 0.2) is 66.9 Å². The maximum atomic E-state index is 16.0. The highest BCUT2D eigenvalue weighted by Gasteiger charge is 2.26. The van der Waals surface area contributed by atoms with Crippen molar-refractivity contribution in [1.82, 2.24) is 9.97 Å². The summed E-state index contributed by atoms with van der Waals surface area (Å²) in [4.78, 5) is 8.09. The molecule has 38 heavy (non-hydrogen) atoms. The van der Waals surface area contributed by atoms with Crippen molar-refractivity contribution in [3.05, 3.63) is 95.2 Å². The van der Waals surface area contributed by atoms with Gasteiger partial charge in [0, 0.05) is 28.4 Å². The number of halogens is 1. The van der Waals surface area contributed by atoms with Crippen LogP contribution in [0, 0.1) is 11.2 Å². The predicted octanol–water partition coefficient (Wildman–Crippen LogP) is 6.45. The van der Waals surface area contributed by atoms with Crippen LogP contribution < -0.4 is 20.5 Å². The van der Waals surface area contributed by atoms with E-state index in [9.17, 15) is 0 Å². The number of anilines is 1. The summed E-state index contributed by atoms with van der Waals surface area (Å²) in [5, 5.41) is 11.1. The van der Waals surface area contributed by atoms with Crippen LogP contribution in [0.4, 0.5) is 10.1 Å². The first-order valence-electron chi connectivity index (χ1n) is 12.8. The number of benzene rings is 3. The van der Waals surface area contributed by atoms with E-state index >= 15 is 4.39 Å². The number of nitrogens with zero attached hydrogens (tertiary/aromatic N) is 1. The molecule has 1 aromatic heterocycles. The highest BCUT2D eigenvalue weighted by molar-refractivity contribution is 5.95. The number of nitrogens with one attached hydrogen (secondary N) is 3. The van der Waals surface area contributed by atoms with Gasteiger partial charge < -0.3 is 25.5 Å². The fourth-order valence-corrected chi connectivity index (χ4v) is 4.31. The molecule has 5 N–H and O–H groups in total. The van der Waals surface area contributed by atoms with E-state index in [2.05, 4.69) is 28.3 Å². The van der Waals surface area contributed by atoms with E-state index in [1.807, 2.05) is 39.0 Å². The van der Waals surface area contributed by atoms with Crippen LogP contribution in [0.5, 0.6) is 11.5 Å². The molecule has 0 aliphatic rings. The van der Waals surface area contributed by atoms with Gasteiger partial charge in [0.25, 0.3) is 0 Å². The number of nitrogen functional groups attached to an aromatic ring is 1. The summed E-state index contributed by atoms with van der Waals surface area (Å²) in [6.45, 7) is 8.11. The Morgan fingerprint density at radius 3 is 2.50 bits per heavy atom. The smallest absolute Gasteiger partial charge is 0.171 e. The lowest BCUT2D eigenvalue weighted by atomic mass is 10.0. The number of aromatic nitrogens is 2. The first-order chi connectivity index (χ1) is 18.3. The van der Waals surface area contributed by atoms with E-state index in [-0.39, 0.29) is 17.7 Å². The lowest BCUT2D eigenvalue weighted by Crippen LogP contribution is -2.18. The van der Waals surface area contributed by atoms with Crippen molar-refractivity contribution in [3.63, 3.8) is 0 Å². The van der Waals surface area contributed by atoms with Gasteiger partial charge in [-0.05, 0) is 63.1 Å². The normalized spacial score (nSPS) is 11.8. The molecule has 0 amide bonds. The molecule has 0 aliphatic heterocycles. The molecule has 3 aromatic carbocycles. The SMILES string of the molecule is CCOc1cc(OC(C)C)c(F)c(C(Nc2ccc(C(=N)N)cc2)c2ncc(-c3ccccc3CC)[nH]2)c1. The van der Waals surface area contributed by atoms with Gasteiger partial charge >= 0.3 is 0 Å². The van der Waals surface area contributed by atoms with Crippen molar-refractivity contribution in [3.8, 4) is 22.8 Å². The molecule has 4 aromatic rings. The Hall–Kier alpha value is -4.33. The number of H-pyrrole nitrogens is 1. The van der Waals surface area contributed by atoms with Crippen LogP contribution in [0.2, 0.25) is 0 Å². The highest BCUT2D eigenvalue weighted by Crippen LogP contribution is 2.36. The van der Waals surface area contributed by atoms with Crippen molar-refractivity contribution in [2.45, 2.75) is 46.3 Å². The lowest BCUT2D eigenvalue weighted by Gasteiger charge is -2.22. The topological polar surface area (TPSA) is 109 Å². The Balaban J connectivity index is 1.83.